The number of para-hydroxylation sites is 1. The second-order valence-electron chi connectivity index (χ2n) is 18.9. The zero-order chi connectivity index (χ0) is 52.6. The summed E-state index contributed by atoms with van der Waals surface area (Å²) >= 11 is 0. The zero-order valence-electron chi connectivity index (χ0n) is 43.5. The van der Waals surface area contributed by atoms with Gasteiger partial charge in [-0.1, -0.05) is 75.1 Å². The molecular formula is C50H73ClN17O7-. The quantitative estimate of drug-likeness (QED) is 0.0315. The van der Waals surface area contributed by atoms with Crippen molar-refractivity contribution < 1.29 is 46.1 Å². The Hall–Kier alpha value is -6.49. The van der Waals surface area contributed by atoms with Gasteiger partial charge in [0.15, 0.2) is 0 Å². The average molecular weight is 1060 g/mol. The predicted octanol–water partition coefficient (Wildman–Crippen LogP) is -0.386. The summed E-state index contributed by atoms with van der Waals surface area (Å²) in [5.74, 6) is 2.58. The highest BCUT2D eigenvalue weighted by Crippen LogP contribution is 2.28. The third-order valence-corrected chi connectivity index (χ3v) is 13.9. The molecule has 5 aromatic rings. The van der Waals surface area contributed by atoms with Crippen molar-refractivity contribution in [3.8, 4) is 12.3 Å². The highest BCUT2D eigenvalue weighted by Gasteiger charge is 2.34. The number of hydrogen-bond donors (Lipinski definition) is 5. The van der Waals surface area contributed by atoms with Crippen molar-refractivity contribution >= 4 is 46.5 Å². The molecule has 7 N–H and O–H groups in total. The summed E-state index contributed by atoms with van der Waals surface area (Å²) in [4.78, 5) is 66.3. The first-order valence-corrected chi connectivity index (χ1v) is 25.7. The second kappa shape index (κ2) is 28.4. The van der Waals surface area contributed by atoms with E-state index in [2.05, 4.69) is 56.8 Å². The summed E-state index contributed by atoms with van der Waals surface area (Å²) in [6.07, 6.45) is 10.6. The van der Waals surface area contributed by atoms with Gasteiger partial charge in [0.1, 0.15) is 18.7 Å². The van der Waals surface area contributed by atoms with Gasteiger partial charge < -0.3 is 73.1 Å². The maximum atomic E-state index is 14.7. The first-order chi connectivity index (χ1) is 35.9. The third-order valence-electron chi connectivity index (χ3n) is 13.9. The molecule has 0 saturated carbocycles. The van der Waals surface area contributed by atoms with Crippen LogP contribution in [0.4, 0.5) is 17.8 Å². The van der Waals surface area contributed by atoms with Crippen LogP contribution in [0.1, 0.15) is 94.6 Å². The number of carboxylic acid groups (broad SMARTS) is 1. The average Bonchev–Trinajstić information content (AvgIpc) is 4.22. The van der Waals surface area contributed by atoms with E-state index in [1.807, 2.05) is 59.0 Å². The van der Waals surface area contributed by atoms with E-state index < -0.39 is 18.1 Å². The maximum Gasteiger partial charge on any atom is 0.303 e. The number of aliphatic carboxylic acids is 1. The number of hydrogen-bond acceptors (Lipinski definition) is 18. The number of fused-ring (bicyclic) bond motifs is 1. The molecule has 0 aliphatic carbocycles. The van der Waals surface area contributed by atoms with Crippen molar-refractivity contribution in [1.29, 1.82) is 0 Å². The van der Waals surface area contributed by atoms with Gasteiger partial charge in [-0.2, -0.15) is 15.0 Å². The number of nitrogens with zero attached hydrogens (tertiary/aromatic N) is 13. The lowest BCUT2D eigenvalue weighted by Gasteiger charge is -2.38. The number of amides is 2. The first kappa shape index (κ1) is 57.8. The van der Waals surface area contributed by atoms with Crippen LogP contribution in [0.3, 0.4) is 0 Å². The van der Waals surface area contributed by atoms with Gasteiger partial charge in [-0.3, -0.25) is 14.4 Å². The van der Waals surface area contributed by atoms with Crippen molar-refractivity contribution in [1.82, 2.24) is 59.7 Å². The van der Waals surface area contributed by atoms with E-state index >= 15 is 0 Å². The molecule has 408 valence electrons. The fraction of sp³-hybridized carbons (Fsp3) is 0.600. The van der Waals surface area contributed by atoms with Crippen LogP contribution in [0.2, 0.25) is 0 Å². The largest absolute Gasteiger partial charge is 1.00 e. The molecule has 7 rings (SSSR count). The summed E-state index contributed by atoms with van der Waals surface area (Å²) < 4.78 is 19.7. The van der Waals surface area contributed by atoms with E-state index in [9.17, 15) is 19.5 Å². The molecule has 2 fully saturated rings. The Morgan fingerprint density at radius 2 is 1.28 bits per heavy atom. The predicted molar refractivity (Wildman–Crippen MR) is 277 cm³/mol. The van der Waals surface area contributed by atoms with Crippen LogP contribution < -0.4 is 39.0 Å². The SMILES string of the molecule is C#CCOCCOCCOCCNc1nc(N2CCN(C(=O)[C@H](CCC(=O)O)n3cc(C(N)[C@H](C)CC)nn3)CC2)nc(N2CCN(C(=O)[C@H](Cc3cc4ccccc4[nH]3)n3cc(C(N)[C@H](C)CC)nn3)CC2)n1.[Cl-]. The van der Waals surface area contributed by atoms with Crippen LogP contribution in [0.15, 0.2) is 42.7 Å². The number of aromatic amines is 1. The number of ether oxygens (including phenoxy) is 3. The van der Waals surface area contributed by atoms with Crippen molar-refractivity contribution in [3.63, 3.8) is 0 Å². The Kier molecular flexibility index (Phi) is 21.9. The Labute approximate surface area is 444 Å². The zero-order valence-corrected chi connectivity index (χ0v) is 44.2. The number of terminal acetylenes is 1. The van der Waals surface area contributed by atoms with Crippen LogP contribution >= 0.6 is 0 Å². The standard InChI is InChI=1S/C50H73N17O7.ClH/c1-6-24-72-26-28-74-29-27-73-25-15-53-48-55-49(64-20-16-62(17-21-64)46(70)41(13-14-43(68)69)66-32-39(58-60-66)44(51)34(4)7-2)57-50(56-48)65-22-18-63(19-23-65)47(71)42(31-37-30-36-11-9-10-12-38(36)54-37)67-33-40(59-61-67)45(52)35(5)8-3;/h1,9-12,30,32-35,41-42,44-45,54H,7-8,13-29,31,51-52H2,2-5H3,(H,68,69)(H,53,55,56,57);1H/p-1/t34-,35-,41+,42+,44?,45?;/m1./s1. The van der Waals surface area contributed by atoms with Crippen LogP contribution in [0.5, 0.6) is 0 Å². The molecule has 2 unspecified atom stereocenters. The molecule has 2 aliphatic rings. The number of carbonyl (C=O) groups excluding carboxylic acids is 2. The molecule has 0 radical (unpaired) electrons. The number of nitrogens with two attached hydrogens (primary N) is 2. The van der Waals surface area contributed by atoms with Crippen LogP contribution in [0.25, 0.3) is 10.9 Å². The lowest BCUT2D eigenvalue weighted by atomic mass is 9.98. The lowest BCUT2D eigenvalue weighted by molar-refractivity contribution is -0.139. The lowest BCUT2D eigenvalue weighted by Crippen LogP contribution is -3.00. The molecule has 25 heteroatoms. The molecule has 1 aromatic carbocycles. The number of carboxylic acids is 1. The minimum absolute atomic E-state index is 0. The summed E-state index contributed by atoms with van der Waals surface area (Å²) in [6, 6.07) is 7.83. The van der Waals surface area contributed by atoms with Crippen molar-refractivity contribution in [2.75, 3.05) is 114 Å². The fourth-order valence-electron chi connectivity index (χ4n) is 8.85. The van der Waals surface area contributed by atoms with Crippen molar-refractivity contribution in [3.05, 3.63) is 59.8 Å². The van der Waals surface area contributed by atoms with Gasteiger partial charge in [0.2, 0.25) is 29.7 Å². The number of nitrogens with one attached hydrogen (secondary N) is 2. The minimum atomic E-state index is -1.01. The number of benzene rings is 1. The molecule has 75 heavy (non-hydrogen) atoms. The molecule has 4 aromatic heterocycles. The number of anilines is 3. The Morgan fingerprint density at radius 3 is 1.81 bits per heavy atom. The third kappa shape index (κ3) is 15.5. The summed E-state index contributed by atoms with van der Waals surface area (Å²) in [5.41, 5.74) is 16.1. The number of H-pyrrole nitrogens is 1. The molecular weight excluding hydrogens is 986 g/mol. The van der Waals surface area contributed by atoms with Crippen LogP contribution in [-0.2, 0) is 35.0 Å². The van der Waals surface area contributed by atoms with E-state index in [0.717, 1.165) is 29.4 Å². The van der Waals surface area contributed by atoms with Gasteiger partial charge in [0.25, 0.3) is 0 Å². The Balaban J connectivity index is 0.00000914. The molecule has 6 heterocycles. The minimum Gasteiger partial charge on any atom is -1.00 e. The van der Waals surface area contributed by atoms with Gasteiger partial charge in [-0.15, -0.1) is 16.6 Å². The van der Waals surface area contributed by atoms with Crippen molar-refractivity contribution in [2.24, 2.45) is 23.3 Å². The normalized spacial score (nSPS) is 16.4. The molecule has 0 spiro atoms. The topological polar surface area (TPSA) is 292 Å². The monoisotopic (exact) mass is 1060 g/mol. The Bertz CT molecular complexity index is 2590. The van der Waals surface area contributed by atoms with Gasteiger partial charge in [0.05, 0.1) is 68.9 Å². The molecule has 2 saturated heterocycles. The number of aromatic nitrogens is 10. The fourth-order valence-corrected chi connectivity index (χ4v) is 8.85. The molecule has 2 aliphatic heterocycles. The molecule has 0 bridgehead atoms. The van der Waals surface area contributed by atoms with E-state index in [0.29, 0.717) is 128 Å². The van der Waals surface area contributed by atoms with Gasteiger partial charge in [-0.05, 0) is 35.8 Å². The number of rotatable bonds is 28. The number of halogens is 1. The maximum absolute atomic E-state index is 14.7. The van der Waals surface area contributed by atoms with Gasteiger partial charge >= 0.3 is 5.97 Å². The smallest absolute Gasteiger partial charge is 0.303 e. The van der Waals surface area contributed by atoms with E-state index in [1.54, 1.807) is 15.8 Å². The highest BCUT2D eigenvalue weighted by atomic mass is 35.5. The highest BCUT2D eigenvalue weighted by molar-refractivity contribution is 5.83. The summed E-state index contributed by atoms with van der Waals surface area (Å²) in [6.45, 7) is 13.9. The Morgan fingerprint density at radius 1 is 0.760 bits per heavy atom. The summed E-state index contributed by atoms with van der Waals surface area (Å²) in [5, 5.41) is 31.4. The van der Waals surface area contributed by atoms with Crippen LogP contribution in [0, 0.1) is 24.2 Å². The molecule has 24 nitrogen and oxygen atoms in total. The van der Waals surface area contributed by atoms with E-state index in [-0.39, 0.29) is 67.6 Å². The number of carbonyl (C=O) groups is 3. The van der Waals surface area contributed by atoms with Crippen LogP contribution in [-0.4, -0.2) is 181 Å². The van der Waals surface area contributed by atoms with Gasteiger partial charge in [0, 0.05) is 83.0 Å². The first-order valence-electron chi connectivity index (χ1n) is 25.7. The second-order valence-corrected chi connectivity index (χ2v) is 18.9. The van der Waals surface area contributed by atoms with Crippen molar-refractivity contribution in [2.45, 2.75) is 84.0 Å². The molecule has 6 atom stereocenters. The van der Waals surface area contributed by atoms with E-state index in [1.165, 1.54) is 4.68 Å². The molecule has 2 amide bonds. The van der Waals surface area contributed by atoms with Gasteiger partial charge in [-0.25, -0.2) is 9.36 Å². The number of piperazine rings is 2. The van der Waals surface area contributed by atoms with E-state index in [4.69, 9.17) is 47.1 Å². The summed E-state index contributed by atoms with van der Waals surface area (Å²) in [7, 11) is 0.